The van der Waals surface area contributed by atoms with Gasteiger partial charge in [-0.1, -0.05) is 30.3 Å². The van der Waals surface area contributed by atoms with E-state index in [0.29, 0.717) is 17.6 Å². The molecule has 1 aliphatic rings. The van der Waals surface area contributed by atoms with Crippen LogP contribution in [0.5, 0.6) is 0 Å². The van der Waals surface area contributed by atoms with Crippen LogP contribution in [0.25, 0.3) is 11.4 Å². The van der Waals surface area contributed by atoms with E-state index in [0.717, 1.165) is 24.0 Å². The molecule has 7 heteroatoms. The second kappa shape index (κ2) is 6.43. The van der Waals surface area contributed by atoms with E-state index in [9.17, 15) is 4.79 Å². The molecule has 0 atom stereocenters. The van der Waals surface area contributed by atoms with E-state index in [2.05, 4.69) is 32.7 Å². The first-order valence-electron chi connectivity index (χ1n) is 8.29. The van der Waals surface area contributed by atoms with E-state index in [1.807, 2.05) is 36.4 Å². The molecule has 1 aromatic carbocycles. The Labute approximate surface area is 145 Å². The number of aromatic nitrogens is 5. The topological polar surface area (TPSA) is 85.6 Å². The lowest BCUT2D eigenvalue weighted by Gasteiger charge is -2.12. The van der Waals surface area contributed by atoms with Crippen LogP contribution in [0, 0.1) is 6.92 Å². The zero-order chi connectivity index (χ0) is 17.2. The van der Waals surface area contributed by atoms with Gasteiger partial charge >= 0.3 is 0 Å². The lowest BCUT2D eigenvalue weighted by molar-refractivity contribution is -0.116. The molecule has 2 aromatic heterocycles. The Hall–Kier alpha value is -3.09. The van der Waals surface area contributed by atoms with Gasteiger partial charge in [0.15, 0.2) is 5.82 Å². The first kappa shape index (κ1) is 15.4. The number of nitrogens with one attached hydrogen (secondary N) is 1. The number of benzene rings is 1. The van der Waals surface area contributed by atoms with Gasteiger partial charge in [0, 0.05) is 17.3 Å². The lowest BCUT2D eigenvalue weighted by atomic mass is 10.1. The Balaban J connectivity index is 1.53. The molecule has 25 heavy (non-hydrogen) atoms. The smallest absolute Gasteiger partial charge is 0.247 e. The van der Waals surface area contributed by atoms with Crippen molar-refractivity contribution in [2.24, 2.45) is 0 Å². The van der Waals surface area contributed by atoms with Gasteiger partial charge < -0.3 is 5.32 Å². The molecule has 1 saturated carbocycles. The van der Waals surface area contributed by atoms with E-state index in [4.69, 9.17) is 0 Å². The van der Waals surface area contributed by atoms with Gasteiger partial charge in [0.2, 0.25) is 5.91 Å². The summed E-state index contributed by atoms with van der Waals surface area (Å²) in [5.74, 6) is 1.54. The van der Waals surface area contributed by atoms with Crippen LogP contribution in [-0.2, 0) is 11.3 Å². The Morgan fingerprint density at radius 2 is 2.04 bits per heavy atom. The summed E-state index contributed by atoms with van der Waals surface area (Å²) < 4.78 is 1.50. The molecule has 3 aromatic rings. The molecule has 0 radical (unpaired) electrons. The minimum absolute atomic E-state index is 0.0386. The summed E-state index contributed by atoms with van der Waals surface area (Å²) in [5.41, 5.74) is 3.18. The number of rotatable bonds is 5. The summed E-state index contributed by atoms with van der Waals surface area (Å²) in [6, 6.07) is 11.5. The average Bonchev–Trinajstić information content (AvgIpc) is 3.34. The normalized spacial score (nSPS) is 13.6. The van der Waals surface area contributed by atoms with Crippen molar-refractivity contribution in [1.29, 1.82) is 0 Å². The van der Waals surface area contributed by atoms with Crippen molar-refractivity contribution in [3.05, 3.63) is 53.7 Å². The van der Waals surface area contributed by atoms with Crippen LogP contribution in [0.3, 0.4) is 0 Å². The van der Waals surface area contributed by atoms with Crippen LogP contribution < -0.4 is 5.32 Å². The van der Waals surface area contributed by atoms with Crippen molar-refractivity contribution in [2.45, 2.75) is 32.2 Å². The van der Waals surface area contributed by atoms with E-state index < -0.39 is 0 Å². The van der Waals surface area contributed by atoms with Gasteiger partial charge in [-0.2, -0.15) is 0 Å². The minimum atomic E-state index is -0.190. The van der Waals surface area contributed by atoms with Crippen LogP contribution in [0.4, 0.5) is 5.82 Å². The van der Waals surface area contributed by atoms with Crippen LogP contribution in [0.2, 0.25) is 0 Å². The molecule has 2 heterocycles. The molecule has 126 valence electrons. The van der Waals surface area contributed by atoms with E-state index >= 15 is 0 Å². The molecule has 1 N–H and O–H groups in total. The minimum Gasteiger partial charge on any atom is -0.309 e. The van der Waals surface area contributed by atoms with Crippen molar-refractivity contribution in [3.63, 3.8) is 0 Å². The van der Waals surface area contributed by atoms with Gasteiger partial charge in [-0.05, 0) is 47.7 Å². The maximum atomic E-state index is 12.5. The van der Waals surface area contributed by atoms with Gasteiger partial charge in [0.1, 0.15) is 12.4 Å². The number of carbonyl (C=O) groups is 1. The standard InChI is InChI=1S/C18H18N6O/c1-12-9-10-19-17(16(12)13-7-8-13)20-15(25)11-24-18(21-22-23-24)14-5-3-2-4-6-14/h2-6,9-10,13H,7-8,11H2,1H3,(H,19,20,25). The van der Waals surface area contributed by atoms with Crippen molar-refractivity contribution < 1.29 is 4.79 Å². The number of anilines is 1. The lowest BCUT2D eigenvalue weighted by Crippen LogP contribution is -2.21. The zero-order valence-corrected chi connectivity index (χ0v) is 13.9. The molecule has 0 unspecified atom stereocenters. The van der Waals surface area contributed by atoms with Crippen molar-refractivity contribution in [3.8, 4) is 11.4 Å². The number of hydrogen-bond acceptors (Lipinski definition) is 5. The van der Waals surface area contributed by atoms with Crippen molar-refractivity contribution >= 4 is 11.7 Å². The van der Waals surface area contributed by atoms with E-state index in [1.54, 1.807) is 6.20 Å². The first-order valence-corrected chi connectivity index (χ1v) is 8.29. The number of nitrogens with zero attached hydrogens (tertiary/aromatic N) is 5. The Morgan fingerprint density at radius 1 is 1.24 bits per heavy atom. The molecule has 0 bridgehead atoms. The van der Waals surface area contributed by atoms with Crippen molar-refractivity contribution in [1.82, 2.24) is 25.2 Å². The van der Waals surface area contributed by atoms with Gasteiger partial charge in [-0.15, -0.1) is 5.10 Å². The van der Waals surface area contributed by atoms with Gasteiger partial charge in [0.25, 0.3) is 0 Å². The van der Waals surface area contributed by atoms with Crippen LogP contribution >= 0.6 is 0 Å². The van der Waals surface area contributed by atoms with Crippen LogP contribution in [0.1, 0.15) is 29.9 Å². The van der Waals surface area contributed by atoms with Crippen LogP contribution in [0.15, 0.2) is 42.6 Å². The molecule has 1 aliphatic carbocycles. The van der Waals surface area contributed by atoms with E-state index in [1.165, 1.54) is 10.2 Å². The number of tetrazole rings is 1. The maximum Gasteiger partial charge on any atom is 0.247 e. The largest absolute Gasteiger partial charge is 0.309 e. The Bertz CT molecular complexity index is 901. The molecule has 1 amide bonds. The molecular formula is C18H18N6O. The first-order chi connectivity index (χ1) is 12.2. The monoisotopic (exact) mass is 334 g/mol. The zero-order valence-electron chi connectivity index (χ0n) is 13.9. The second-order valence-corrected chi connectivity index (χ2v) is 6.24. The number of amides is 1. The Morgan fingerprint density at radius 3 is 2.80 bits per heavy atom. The predicted octanol–water partition coefficient (Wildman–Crippen LogP) is 2.56. The summed E-state index contributed by atoms with van der Waals surface area (Å²) in [4.78, 5) is 16.9. The summed E-state index contributed by atoms with van der Waals surface area (Å²) in [5, 5.41) is 14.6. The third kappa shape index (κ3) is 3.26. The highest BCUT2D eigenvalue weighted by atomic mass is 16.2. The second-order valence-electron chi connectivity index (χ2n) is 6.24. The van der Waals surface area contributed by atoms with Gasteiger partial charge in [-0.3, -0.25) is 4.79 Å². The molecule has 1 fully saturated rings. The molecule has 7 nitrogen and oxygen atoms in total. The van der Waals surface area contributed by atoms with Gasteiger partial charge in [0.05, 0.1) is 0 Å². The molecule has 0 saturated heterocycles. The summed E-state index contributed by atoms with van der Waals surface area (Å²) in [6.07, 6.45) is 4.03. The highest BCUT2D eigenvalue weighted by molar-refractivity contribution is 5.90. The van der Waals surface area contributed by atoms with Crippen molar-refractivity contribution in [2.75, 3.05) is 5.32 Å². The SMILES string of the molecule is Cc1ccnc(NC(=O)Cn2nnnc2-c2ccccc2)c1C1CC1. The molecular weight excluding hydrogens is 316 g/mol. The summed E-state index contributed by atoms with van der Waals surface area (Å²) >= 11 is 0. The quantitative estimate of drug-likeness (QED) is 0.775. The number of hydrogen-bond donors (Lipinski definition) is 1. The summed E-state index contributed by atoms with van der Waals surface area (Å²) in [7, 11) is 0. The van der Waals surface area contributed by atoms with E-state index in [-0.39, 0.29) is 12.5 Å². The third-order valence-electron chi connectivity index (χ3n) is 4.31. The summed E-state index contributed by atoms with van der Waals surface area (Å²) in [6.45, 7) is 2.09. The maximum absolute atomic E-state index is 12.5. The average molecular weight is 334 g/mol. The fraction of sp³-hybridized carbons (Fsp3) is 0.278. The molecule has 0 spiro atoms. The fourth-order valence-electron chi connectivity index (χ4n) is 2.97. The Kier molecular flexibility index (Phi) is 3.97. The fourth-order valence-corrected chi connectivity index (χ4v) is 2.97. The highest BCUT2D eigenvalue weighted by Gasteiger charge is 2.29. The third-order valence-corrected chi connectivity index (χ3v) is 4.31. The number of aryl methyl sites for hydroxylation is 1. The van der Waals surface area contributed by atoms with Crippen LogP contribution in [-0.4, -0.2) is 31.1 Å². The van der Waals surface area contributed by atoms with Gasteiger partial charge in [-0.25, -0.2) is 9.67 Å². The molecule has 4 rings (SSSR count). The molecule has 0 aliphatic heterocycles. The highest BCUT2D eigenvalue weighted by Crippen LogP contribution is 2.44. The number of pyridine rings is 1. The predicted molar refractivity (Wildman–Crippen MR) is 92.8 cm³/mol. The number of carbonyl (C=O) groups excluding carboxylic acids is 1.